The highest BCUT2D eigenvalue weighted by atomic mass is 16.5. The molecule has 2 aromatic carbocycles. The summed E-state index contributed by atoms with van der Waals surface area (Å²) in [5, 5.41) is 8.67. The number of nitrogens with zero attached hydrogens (tertiary/aromatic N) is 3. The van der Waals surface area contributed by atoms with Gasteiger partial charge >= 0.3 is 0 Å². The van der Waals surface area contributed by atoms with Crippen molar-refractivity contribution in [2.75, 3.05) is 45.9 Å². The summed E-state index contributed by atoms with van der Waals surface area (Å²) in [6.07, 6.45) is 0.534. The van der Waals surface area contributed by atoms with Crippen LogP contribution in [-0.2, 0) is 0 Å². The molecule has 3 rings (SSSR count). The fourth-order valence-electron chi connectivity index (χ4n) is 3.09. The Morgan fingerprint density at radius 2 is 1.50 bits per heavy atom. The van der Waals surface area contributed by atoms with Gasteiger partial charge in [-0.25, -0.2) is 0 Å². The van der Waals surface area contributed by atoms with Crippen LogP contribution in [0.1, 0.15) is 16.8 Å². The third-order valence-electron chi connectivity index (χ3n) is 4.66. The first-order valence-corrected chi connectivity index (χ1v) is 9.55. The fourth-order valence-corrected chi connectivity index (χ4v) is 3.09. The molecule has 1 amide bonds. The van der Waals surface area contributed by atoms with Crippen molar-refractivity contribution >= 4 is 5.91 Å². The van der Waals surface area contributed by atoms with Gasteiger partial charge < -0.3 is 14.4 Å². The highest BCUT2D eigenvalue weighted by Crippen LogP contribution is 2.15. The zero-order chi connectivity index (χ0) is 19.6. The molecule has 0 N–H and O–H groups in total. The van der Waals surface area contributed by atoms with E-state index in [-0.39, 0.29) is 5.91 Å². The lowest BCUT2D eigenvalue weighted by Gasteiger charge is -2.34. The molecule has 6 heteroatoms. The van der Waals surface area contributed by atoms with Crippen LogP contribution in [0, 0.1) is 11.3 Å². The molecule has 0 saturated carbocycles. The summed E-state index contributed by atoms with van der Waals surface area (Å²) in [5.74, 6) is 1.58. The molecule has 0 aromatic heterocycles. The maximum absolute atomic E-state index is 12.6. The van der Waals surface area contributed by atoms with Crippen molar-refractivity contribution in [3.63, 3.8) is 0 Å². The Labute approximate surface area is 165 Å². The molecular formula is C22H25N3O3. The molecule has 1 heterocycles. The molecule has 0 aliphatic carbocycles. The minimum Gasteiger partial charge on any atom is -0.490 e. The fraction of sp³-hybridized carbons (Fsp3) is 0.364. The maximum atomic E-state index is 12.6. The van der Waals surface area contributed by atoms with Crippen molar-refractivity contribution in [3.8, 4) is 17.6 Å². The van der Waals surface area contributed by atoms with Gasteiger partial charge in [-0.15, -0.1) is 0 Å². The molecule has 1 fully saturated rings. The minimum atomic E-state index is 0.0406. The standard InChI is InChI=1S/C22H25N3O3/c23-11-4-12-24-13-15-25(16-14-24)22(26)19-7-9-21(10-8-19)28-18-17-27-20-5-2-1-3-6-20/h1-3,5-10H,4,12-18H2. The van der Waals surface area contributed by atoms with Gasteiger partial charge in [-0.3, -0.25) is 9.69 Å². The quantitative estimate of drug-likeness (QED) is 0.660. The second kappa shape index (κ2) is 10.3. The third-order valence-corrected chi connectivity index (χ3v) is 4.66. The first-order chi connectivity index (χ1) is 13.8. The van der Waals surface area contributed by atoms with Gasteiger partial charge in [0.25, 0.3) is 5.91 Å². The van der Waals surface area contributed by atoms with E-state index in [1.807, 2.05) is 47.4 Å². The summed E-state index contributed by atoms with van der Waals surface area (Å²) in [5.41, 5.74) is 0.665. The number of benzene rings is 2. The summed E-state index contributed by atoms with van der Waals surface area (Å²) in [7, 11) is 0. The first kappa shape index (κ1) is 19.7. The van der Waals surface area contributed by atoms with Gasteiger partial charge in [0.2, 0.25) is 0 Å². The van der Waals surface area contributed by atoms with E-state index >= 15 is 0 Å². The van der Waals surface area contributed by atoms with E-state index in [2.05, 4.69) is 11.0 Å². The molecule has 1 aliphatic rings. The molecule has 0 unspecified atom stereocenters. The van der Waals surface area contributed by atoms with Gasteiger partial charge in [-0.1, -0.05) is 18.2 Å². The number of hydrogen-bond donors (Lipinski definition) is 0. The Morgan fingerprint density at radius 1 is 0.893 bits per heavy atom. The second-order valence-electron chi connectivity index (χ2n) is 6.58. The number of piperazine rings is 1. The van der Waals surface area contributed by atoms with Crippen molar-refractivity contribution < 1.29 is 14.3 Å². The summed E-state index contributed by atoms with van der Waals surface area (Å²) in [6, 6.07) is 19.0. The molecule has 0 atom stereocenters. The van der Waals surface area contributed by atoms with E-state index in [0.717, 1.165) is 31.1 Å². The van der Waals surface area contributed by atoms with Crippen LogP contribution in [0.2, 0.25) is 0 Å². The van der Waals surface area contributed by atoms with Crippen LogP contribution < -0.4 is 9.47 Å². The Hall–Kier alpha value is -3.04. The predicted molar refractivity (Wildman–Crippen MR) is 106 cm³/mol. The van der Waals surface area contributed by atoms with E-state index in [4.69, 9.17) is 14.7 Å². The first-order valence-electron chi connectivity index (χ1n) is 9.55. The number of amides is 1. The number of para-hydroxylation sites is 1. The Morgan fingerprint density at radius 3 is 2.11 bits per heavy atom. The summed E-state index contributed by atoms with van der Waals surface area (Å²) in [6.45, 7) is 4.69. The van der Waals surface area contributed by atoms with Crippen LogP contribution in [0.25, 0.3) is 0 Å². The predicted octanol–water partition coefficient (Wildman–Crippen LogP) is 2.82. The summed E-state index contributed by atoms with van der Waals surface area (Å²) >= 11 is 0. The zero-order valence-corrected chi connectivity index (χ0v) is 15.9. The van der Waals surface area contributed by atoms with Crippen LogP contribution in [0.4, 0.5) is 0 Å². The van der Waals surface area contributed by atoms with E-state index < -0.39 is 0 Å². The van der Waals surface area contributed by atoms with Crippen molar-refractivity contribution in [2.24, 2.45) is 0 Å². The summed E-state index contributed by atoms with van der Waals surface area (Å²) in [4.78, 5) is 16.7. The number of carbonyl (C=O) groups is 1. The van der Waals surface area contributed by atoms with Crippen LogP contribution in [-0.4, -0.2) is 61.6 Å². The van der Waals surface area contributed by atoms with Gasteiger partial charge in [0, 0.05) is 44.7 Å². The highest BCUT2D eigenvalue weighted by molar-refractivity contribution is 5.94. The van der Waals surface area contributed by atoms with Crippen molar-refractivity contribution in [1.29, 1.82) is 5.26 Å². The molecule has 1 saturated heterocycles. The number of nitriles is 1. The minimum absolute atomic E-state index is 0.0406. The van der Waals surface area contributed by atoms with Gasteiger partial charge in [-0.2, -0.15) is 5.26 Å². The molecule has 0 bridgehead atoms. The van der Waals surface area contributed by atoms with E-state index in [9.17, 15) is 4.79 Å². The molecule has 6 nitrogen and oxygen atoms in total. The molecular weight excluding hydrogens is 354 g/mol. The highest BCUT2D eigenvalue weighted by Gasteiger charge is 2.21. The van der Waals surface area contributed by atoms with Crippen LogP contribution in [0.3, 0.4) is 0 Å². The molecule has 28 heavy (non-hydrogen) atoms. The van der Waals surface area contributed by atoms with E-state index in [1.54, 1.807) is 12.1 Å². The summed E-state index contributed by atoms with van der Waals surface area (Å²) < 4.78 is 11.3. The van der Waals surface area contributed by atoms with Gasteiger partial charge in [0.1, 0.15) is 24.7 Å². The average molecular weight is 379 g/mol. The van der Waals surface area contributed by atoms with Crippen LogP contribution >= 0.6 is 0 Å². The zero-order valence-electron chi connectivity index (χ0n) is 15.9. The Balaban J connectivity index is 1.41. The lowest BCUT2D eigenvalue weighted by atomic mass is 10.1. The topological polar surface area (TPSA) is 65.8 Å². The Bertz CT molecular complexity index is 779. The number of carbonyl (C=O) groups excluding carboxylic acids is 1. The van der Waals surface area contributed by atoms with Gasteiger partial charge in [-0.05, 0) is 36.4 Å². The van der Waals surface area contributed by atoms with Crippen LogP contribution in [0.15, 0.2) is 54.6 Å². The molecule has 0 spiro atoms. The van der Waals surface area contributed by atoms with E-state index in [1.165, 1.54) is 0 Å². The van der Waals surface area contributed by atoms with Crippen molar-refractivity contribution in [3.05, 3.63) is 60.2 Å². The molecule has 2 aromatic rings. The molecule has 146 valence electrons. The SMILES string of the molecule is N#CCCN1CCN(C(=O)c2ccc(OCCOc3ccccc3)cc2)CC1. The lowest BCUT2D eigenvalue weighted by molar-refractivity contribution is 0.0639. The normalized spacial score (nSPS) is 14.3. The number of hydrogen-bond acceptors (Lipinski definition) is 5. The van der Waals surface area contributed by atoms with Gasteiger partial charge in [0.15, 0.2) is 0 Å². The number of rotatable bonds is 8. The largest absolute Gasteiger partial charge is 0.490 e. The Kier molecular flexibility index (Phi) is 7.28. The lowest BCUT2D eigenvalue weighted by Crippen LogP contribution is -2.48. The van der Waals surface area contributed by atoms with Gasteiger partial charge in [0.05, 0.1) is 6.07 Å². The molecule has 1 aliphatic heterocycles. The number of ether oxygens (including phenoxy) is 2. The van der Waals surface area contributed by atoms with Crippen LogP contribution in [0.5, 0.6) is 11.5 Å². The third kappa shape index (κ3) is 5.73. The van der Waals surface area contributed by atoms with E-state index in [0.29, 0.717) is 38.3 Å². The molecule has 0 radical (unpaired) electrons. The van der Waals surface area contributed by atoms with Crippen molar-refractivity contribution in [2.45, 2.75) is 6.42 Å². The smallest absolute Gasteiger partial charge is 0.253 e. The monoisotopic (exact) mass is 379 g/mol. The average Bonchev–Trinajstić information content (AvgIpc) is 2.76. The maximum Gasteiger partial charge on any atom is 0.253 e. The van der Waals surface area contributed by atoms with Crippen molar-refractivity contribution in [1.82, 2.24) is 9.80 Å². The second-order valence-corrected chi connectivity index (χ2v) is 6.58.